The van der Waals surface area contributed by atoms with E-state index in [9.17, 15) is 0 Å². The van der Waals surface area contributed by atoms with Crippen LogP contribution in [0.4, 0.5) is 0 Å². The largest absolute Gasteiger partial charge is 0.377 e. The van der Waals surface area contributed by atoms with Crippen LogP contribution in [-0.2, 0) is 11.2 Å². The molecule has 1 aromatic carbocycles. The Kier molecular flexibility index (Phi) is 5.21. The second kappa shape index (κ2) is 6.91. The van der Waals surface area contributed by atoms with E-state index in [1.54, 1.807) is 0 Å². The van der Waals surface area contributed by atoms with Crippen LogP contribution in [0.15, 0.2) is 30.3 Å². The molecule has 1 aromatic rings. The van der Waals surface area contributed by atoms with Crippen LogP contribution in [0, 0.1) is 18.8 Å². The molecule has 2 nitrogen and oxygen atoms in total. The van der Waals surface area contributed by atoms with Gasteiger partial charge in [-0.05, 0) is 50.0 Å². The maximum atomic E-state index is 5.80. The van der Waals surface area contributed by atoms with Gasteiger partial charge in [-0.2, -0.15) is 0 Å². The number of nitrogens with two attached hydrogens (primary N) is 1. The summed E-state index contributed by atoms with van der Waals surface area (Å²) in [6.07, 6.45) is 4.95. The van der Waals surface area contributed by atoms with Crippen molar-refractivity contribution in [2.45, 2.75) is 31.8 Å². The number of hydrogen-bond acceptors (Lipinski definition) is 2. The Hall–Kier alpha value is -0.860. The highest BCUT2D eigenvalue weighted by Crippen LogP contribution is 2.33. The van der Waals surface area contributed by atoms with Gasteiger partial charge in [-0.25, -0.2) is 0 Å². The highest BCUT2D eigenvalue weighted by atomic mass is 16.5. The molecule has 0 heterocycles. The van der Waals surface area contributed by atoms with E-state index in [2.05, 4.69) is 37.3 Å². The average Bonchev–Trinajstić information content (AvgIpc) is 2.41. The molecule has 0 amide bonds. The van der Waals surface area contributed by atoms with Gasteiger partial charge in [0.25, 0.3) is 0 Å². The first-order valence-electron chi connectivity index (χ1n) is 6.98. The molecule has 0 aliphatic heterocycles. The zero-order valence-corrected chi connectivity index (χ0v) is 11.1. The summed E-state index contributed by atoms with van der Waals surface area (Å²) in [5, 5.41) is 0. The van der Waals surface area contributed by atoms with Crippen molar-refractivity contribution in [3.05, 3.63) is 42.8 Å². The Morgan fingerprint density at radius 1 is 1.22 bits per heavy atom. The van der Waals surface area contributed by atoms with Crippen molar-refractivity contribution >= 4 is 0 Å². The maximum absolute atomic E-state index is 5.80. The molecule has 2 N–H and O–H groups in total. The van der Waals surface area contributed by atoms with Crippen LogP contribution in [0.1, 0.15) is 24.8 Å². The number of ether oxygens (including phenoxy) is 1. The van der Waals surface area contributed by atoms with Gasteiger partial charge in [0.2, 0.25) is 0 Å². The fourth-order valence-electron chi connectivity index (χ4n) is 2.84. The summed E-state index contributed by atoms with van der Waals surface area (Å²) >= 11 is 0. The van der Waals surface area contributed by atoms with E-state index in [4.69, 9.17) is 10.5 Å². The van der Waals surface area contributed by atoms with Crippen LogP contribution >= 0.6 is 0 Å². The van der Waals surface area contributed by atoms with Crippen LogP contribution in [0.25, 0.3) is 0 Å². The van der Waals surface area contributed by atoms with E-state index in [1.807, 2.05) is 0 Å². The van der Waals surface area contributed by atoms with Crippen molar-refractivity contribution in [1.82, 2.24) is 0 Å². The minimum atomic E-state index is 0.389. The van der Waals surface area contributed by atoms with Gasteiger partial charge < -0.3 is 10.5 Å². The van der Waals surface area contributed by atoms with Crippen LogP contribution in [-0.4, -0.2) is 19.3 Å². The van der Waals surface area contributed by atoms with Gasteiger partial charge in [-0.15, -0.1) is 0 Å². The fraction of sp³-hybridized carbons (Fsp3) is 0.562. The first-order valence-corrected chi connectivity index (χ1v) is 6.98. The first kappa shape index (κ1) is 13.6. The molecule has 3 atom stereocenters. The molecule has 2 rings (SSSR count). The van der Waals surface area contributed by atoms with E-state index in [0.717, 1.165) is 19.3 Å². The quantitative estimate of drug-likeness (QED) is 0.867. The monoisotopic (exact) mass is 246 g/mol. The molecule has 1 saturated carbocycles. The summed E-state index contributed by atoms with van der Waals surface area (Å²) in [6.45, 7) is 5.61. The van der Waals surface area contributed by atoms with E-state index in [-0.39, 0.29) is 0 Å². The van der Waals surface area contributed by atoms with Crippen LogP contribution in [0.5, 0.6) is 0 Å². The predicted molar refractivity (Wildman–Crippen MR) is 75.1 cm³/mol. The van der Waals surface area contributed by atoms with Gasteiger partial charge >= 0.3 is 0 Å². The van der Waals surface area contributed by atoms with Gasteiger partial charge in [0, 0.05) is 6.54 Å². The standard InChI is InChI=1S/C16H24NO/c1-13-7-8-16(18-10-9-17)12-15(13)11-14-5-3-2-4-6-14/h2-6,13,15-16H,1,7-12,17H2/t13-,15?,16-/m1/s1. The Labute approximate surface area is 111 Å². The Morgan fingerprint density at radius 3 is 2.72 bits per heavy atom. The van der Waals surface area contributed by atoms with Gasteiger partial charge in [-0.1, -0.05) is 30.3 Å². The van der Waals surface area contributed by atoms with E-state index >= 15 is 0 Å². The predicted octanol–water partition coefficient (Wildman–Crippen LogP) is 2.82. The fourth-order valence-corrected chi connectivity index (χ4v) is 2.84. The van der Waals surface area contributed by atoms with Gasteiger partial charge in [0.15, 0.2) is 0 Å². The molecule has 1 aliphatic rings. The summed E-state index contributed by atoms with van der Waals surface area (Å²) in [6, 6.07) is 10.7. The lowest BCUT2D eigenvalue weighted by molar-refractivity contribution is 0.00680. The van der Waals surface area contributed by atoms with Crippen LogP contribution < -0.4 is 5.73 Å². The van der Waals surface area contributed by atoms with Crippen molar-refractivity contribution in [1.29, 1.82) is 0 Å². The third-order valence-electron chi connectivity index (χ3n) is 3.90. The summed E-state index contributed by atoms with van der Waals surface area (Å²) in [4.78, 5) is 0. The normalized spacial score (nSPS) is 28.2. The van der Waals surface area contributed by atoms with Gasteiger partial charge in [0.05, 0.1) is 12.7 Å². The molecule has 1 unspecified atom stereocenters. The zero-order valence-electron chi connectivity index (χ0n) is 11.1. The second-order valence-corrected chi connectivity index (χ2v) is 5.30. The van der Waals surface area contributed by atoms with E-state index in [0.29, 0.717) is 31.1 Å². The number of rotatable bonds is 5. The third-order valence-corrected chi connectivity index (χ3v) is 3.90. The Morgan fingerprint density at radius 2 is 2.00 bits per heavy atom. The molecule has 2 heteroatoms. The third kappa shape index (κ3) is 3.82. The minimum absolute atomic E-state index is 0.389. The molecule has 18 heavy (non-hydrogen) atoms. The van der Waals surface area contributed by atoms with Crippen LogP contribution in [0.2, 0.25) is 0 Å². The molecule has 0 spiro atoms. The van der Waals surface area contributed by atoms with E-state index in [1.165, 1.54) is 12.0 Å². The Bertz CT molecular complexity index is 336. The number of benzene rings is 1. The second-order valence-electron chi connectivity index (χ2n) is 5.30. The molecule has 1 aliphatic carbocycles. The minimum Gasteiger partial charge on any atom is -0.377 e. The zero-order chi connectivity index (χ0) is 12.8. The van der Waals surface area contributed by atoms with Crippen molar-refractivity contribution in [2.24, 2.45) is 17.6 Å². The molecule has 0 aromatic heterocycles. The summed E-state index contributed by atoms with van der Waals surface area (Å²) in [5.41, 5.74) is 6.91. The SMILES string of the molecule is [CH2][C@@H]1CC[C@@H](OCCN)CC1Cc1ccccc1. The van der Waals surface area contributed by atoms with Gasteiger partial charge in [-0.3, -0.25) is 0 Å². The highest BCUT2D eigenvalue weighted by Gasteiger charge is 2.28. The summed E-state index contributed by atoms with van der Waals surface area (Å²) in [5.74, 6) is 1.20. The molecule has 1 radical (unpaired) electrons. The average molecular weight is 246 g/mol. The molecule has 1 fully saturated rings. The molecular weight excluding hydrogens is 222 g/mol. The number of hydrogen-bond donors (Lipinski definition) is 1. The smallest absolute Gasteiger partial charge is 0.0592 e. The summed E-state index contributed by atoms with van der Waals surface area (Å²) < 4.78 is 5.80. The topological polar surface area (TPSA) is 35.2 Å². The van der Waals surface area contributed by atoms with Crippen molar-refractivity contribution in [3.63, 3.8) is 0 Å². The van der Waals surface area contributed by atoms with Crippen molar-refractivity contribution in [2.75, 3.05) is 13.2 Å². The lowest BCUT2D eigenvalue weighted by Gasteiger charge is -2.34. The first-order chi connectivity index (χ1) is 8.79. The Balaban J connectivity index is 1.89. The maximum Gasteiger partial charge on any atom is 0.0592 e. The summed E-state index contributed by atoms with van der Waals surface area (Å²) in [7, 11) is 0. The molecular formula is C16H24NO. The molecule has 0 bridgehead atoms. The lowest BCUT2D eigenvalue weighted by Crippen LogP contribution is -2.31. The molecule has 99 valence electrons. The van der Waals surface area contributed by atoms with E-state index < -0.39 is 0 Å². The van der Waals surface area contributed by atoms with Crippen molar-refractivity contribution < 1.29 is 4.74 Å². The molecule has 0 saturated heterocycles. The lowest BCUT2D eigenvalue weighted by atomic mass is 9.76. The van der Waals surface area contributed by atoms with Gasteiger partial charge in [0.1, 0.15) is 0 Å². The van der Waals surface area contributed by atoms with Crippen LogP contribution in [0.3, 0.4) is 0 Å². The van der Waals surface area contributed by atoms with Crippen molar-refractivity contribution in [3.8, 4) is 0 Å². The highest BCUT2D eigenvalue weighted by molar-refractivity contribution is 5.15.